The van der Waals surface area contributed by atoms with Crippen LogP contribution in [-0.4, -0.2) is 35.1 Å². The lowest BCUT2D eigenvalue weighted by molar-refractivity contribution is -0.148. The van der Waals surface area contributed by atoms with E-state index in [1.807, 2.05) is 17.0 Å². The number of hydrogen-bond acceptors (Lipinski definition) is 4. The molecule has 1 amide bonds. The van der Waals surface area contributed by atoms with Crippen LogP contribution >= 0.6 is 0 Å². The molecule has 1 aromatic carbocycles. The zero-order chi connectivity index (χ0) is 18.0. The number of carboxylic acid groups (broad SMARTS) is 1. The molecule has 2 heterocycles. The van der Waals surface area contributed by atoms with Crippen molar-refractivity contribution in [1.82, 2.24) is 4.98 Å². The molecule has 2 aromatic rings. The minimum Gasteiger partial charge on any atom is -0.478 e. The van der Waals surface area contributed by atoms with E-state index in [0.717, 1.165) is 6.42 Å². The Morgan fingerprint density at radius 1 is 1.32 bits per heavy atom. The number of hydrogen-bond donors (Lipinski definition) is 2. The molecule has 0 radical (unpaired) electrons. The van der Waals surface area contributed by atoms with Crippen LogP contribution in [0.5, 0.6) is 0 Å². The van der Waals surface area contributed by atoms with E-state index in [1.165, 1.54) is 0 Å². The molecule has 2 atom stereocenters. The number of carboxylic acids is 1. The molecule has 6 heteroatoms. The maximum Gasteiger partial charge on any atom is 0.336 e. The lowest BCUT2D eigenvalue weighted by atomic mass is 9.48. The molecule has 2 fully saturated rings. The van der Waals surface area contributed by atoms with Gasteiger partial charge in [-0.3, -0.25) is 4.79 Å². The van der Waals surface area contributed by atoms with Gasteiger partial charge in [0, 0.05) is 18.5 Å². The molecule has 1 aliphatic heterocycles. The van der Waals surface area contributed by atoms with E-state index in [0.29, 0.717) is 29.8 Å². The SMILES string of the molecule is CC1(C)C[C@]2(C(N)=O)CN(c3cc(C(=O)O)c4ccccc4n3)C[C@H]12. The zero-order valence-corrected chi connectivity index (χ0v) is 14.3. The van der Waals surface area contributed by atoms with Crippen LogP contribution in [0.15, 0.2) is 30.3 Å². The highest BCUT2D eigenvalue weighted by Crippen LogP contribution is 2.62. The van der Waals surface area contributed by atoms with E-state index in [4.69, 9.17) is 5.73 Å². The van der Waals surface area contributed by atoms with E-state index < -0.39 is 11.4 Å². The monoisotopic (exact) mass is 339 g/mol. The second-order valence-corrected chi connectivity index (χ2v) is 7.97. The number of aromatic carboxylic acids is 1. The molecular weight excluding hydrogens is 318 g/mol. The Hall–Kier alpha value is -2.63. The van der Waals surface area contributed by atoms with Crippen molar-refractivity contribution in [2.24, 2.45) is 22.5 Å². The molecule has 1 saturated carbocycles. The van der Waals surface area contributed by atoms with Crippen LogP contribution in [0, 0.1) is 16.7 Å². The number of anilines is 1. The summed E-state index contributed by atoms with van der Waals surface area (Å²) >= 11 is 0. The van der Waals surface area contributed by atoms with Gasteiger partial charge in [0.05, 0.1) is 16.5 Å². The Kier molecular flexibility index (Phi) is 3.14. The standard InChI is InChI=1S/C19H21N3O3/c1-18(2)9-19(17(20)25)10-22(8-14(18)19)15-7-12(16(23)24)11-5-3-4-6-13(11)21-15/h3-7,14H,8-10H2,1-2H3,(H2,20,25)(H,23,24)/t14-,19+/m1/s1. The lowest BCUT2D eigenvalue weighted by Crippen LogP contribution is -2.59. The third-order valence-electron chi connectivity index (χ3n) is 6.01. The van der Waals surface area contributed by atoms with Gasteiger partial charge in [-0.05, 0) is 29.9 Å². The van der Waals surface area contributed by atoms with Crippen molar-refractivity contribution >= 4 is 28.6 Å². The Labute approximate surface area is 145 Å². The summed E-state index contributed by atoms with van der Waals surface area (Å²) in [6.07, 6.45) is 0.760. The number of primary amides is 1. The van der Waals surface area contributed by atoms with Crippen molar-refractivity contribution in [3.63, 3.8) is 0 Å². The number of aromatic nitrogens is 1. The van der Waals surface area contributed by atoms with Crippen LogP contribution in [0.1, 0.15) is 30.6 Å². The van der Waals surface area contributed by atoms with Crippen LogP contribution in [0.25, 0.3) is 10.9 Å². The number of nitrogens with zero attached hydrogens (tertiary/aromatic N) is 2. The first kappa shape index (κ1) is 15.9. The number of amides is 1. The van der Waals surface area contributed by atoms with Crippen molar-refractivity contribution < 1.29 is 14.7 Å². The van der Waals surface area contributed by atoms with E-state index in [-0.39, 0.29) is 22.8 Å². The Bertz CT molecular complexity index is 908. The molecule has 2 aliphatic rings. The highest BCUT2D eigenvalue weighted by Gasteiger charge is 2.66. The van der Waals surface area contributed by atoms with Crippen LogP contribution in [0.3, 0.4) is 0 Å². The number of nitrogens with two attached hydrogens (primary N) is 1. The van der Waals surface area contributed by atoms with Crippen molar-refractivity contribution in [2.45, 2.75) is 20.3 Å². The largest absolute Gasteiger partial charge is 0.478 e. The van der Waals surface area contributed by atoms with Gasteiger partial charge in [0.1, 0.15) is 5.82 Å². The molecule has 1 aromatic heterocycles. The Balaban J connectivity index is 1.79. The zero-order valence-electron chi connectivity index (χ0n) is 14.3. The second-order valence-electron chi connectivity index (χ2n) is 7.97. The summed E-state index contributed by atoms with van der Waals surface area (Å²) in [5.74, 6) is -0.480. The number of carbonyl (C=O) groups is 2. The van der Waals surface area contributed by atoms with Gasteiger partial charge >= 0.3 is 5.97 Å². The number of benzene rings is 1. The van der Waals surface area contributed by atoms with E-state index in [2.05, 4.69) is 18.8 Å². The number of pyridine rings is 1. The molecule has 25 heavy (non-hydrogen) atoms. The molecule has 1 aliphatic carbocycles. The molecule has 130 valence electrons. The van der Waals surface area contributed by atoms with Gasteiger partial charge in [-0.25, -0.2) is 9.78 Å². The molecule has 0 spiro atoms. The maximum absolute atomic E-state index is 12.1. The fourth-order valence-corrected chi connectivity index (χ4v) is 4.90. The summed E-state index contributed by atoms with van der Waals surface area (Å²) in [6.45, 7) is 5.47. The third-order valence-corrected chi connectivity index (χ3v) is 6.01. The van der Waals surface area contributed by atoms with Gasteiger partial charge in [0.15, 0.2) is 0 Å². The van der Waals surface area contributed by atoms with Crippen molar-refractivity contribution in [2.75, 3.05) is 18.0 Å². The first-order chi connectivity index (χ1) is 11.7. The molecular formula is C19H21N3O3. The Morgan fingerprint density at radius 3 is 2.64 bits per heavy atom. The average Bonchev–Trinajstić information content (AvgIpc) is 2.90. The molecule has 3 N–H and O–H groups in total. The van der Waals surface area contributed by atoms with E-state index in [9.17, 15) is 14.7 Å². The third kappa shape index (κ3) is 2.13. The Morgan fingerprint density at radius 2 is 2.04 bits per heavy atom. The summed E-state index contributed by atoms with van der Waals surface area (Å²) in [7, 11) is 0. The number of carbonyl (C=O) groups excluding carboxylic acids is 1. The molecule has 4 rings (SSSR count). The summed E-state index contributed by atoms with van der Waals surface area (Å²) < 4.78 is 0. The highest BCUT2D eigenvalue weighted by atomic mass is 16.4. The first-order valence-corrected chi connectivity index (χ1v) is 8.42. The quantitative estimate of drug-likeness (QED) is 0.894. The van der Waals surface area contributed by atoms with Crippen LogP contribution in [0.2, 0.25) is 0 Å². The summed E-state index contributed by atoms with van der Waals surface area (Å²) in [5.41, 5.74) is 6.12. The van der Waals surface area contributed by atoms with Crippen LogP contribution < -0.4 is 10.6 Å². The lowest BCUT2D eigenvalue weighted by Gasteiger charge is -2.54. The second kappa shape index (κ2) is 4.94. The molecule has 1 saturated heterocycles. The maximum atomic E-state index is 12.1. The highest BCUT2D eigenvalue weighted by molar-refractivity contribution is 6.03. The van der Waals surface area contributed by atoms with Crippen molar-refractivity contribution in [1.29, 1.82) is 0 Å². The molecule has 6 nitrogen and oxygen atoms in total. The predicted molar refractivity (Wildman–Crippen MR) is 94.4 cm³/mol. The van der Waals surface area contributed by atoms with Crippen molar-refractivity contribution in [3.8, 4) is 0 Å². The van der Waals surface area contributed by atoms with Crippen LogP contribution in [-0.2, 0) is 4.79 Å². The van der Waals surface area contributed by atoms with Gasteiger partial charge in [-0.2, -0.15) is 0 Å². The average molecular weight is 339 g/mol. The molecule has 0 unspecified atom stereocenters. The summed E-state index contributed by atoms with van der Waals surface area (Å²) in [5, 5.41) is 10.2. The van der Waals surface area contributed by atoms with Gasteiger partial charge in [0.2, 0.25) is 5.91 Å². The van der Waals surface area contributed by atoms with Gasteiger partial charge in [-0.15, -0.1) is 0 Å². The van der Waals surface area contributed by atoms with E-state index >= 15 is 0 Å². The minimum absolute atomic E-state index is 0.0518. The minimum atomic E-state index is -0.980. The topological polar surface area (TPSA) is 96.5 Å². The fourth-order valence-electron chi connectivity index (χ4n) is 4.90. The first-order valence-electron chi connectivity index (χ1n) is 8.42. The summed E-state index contributed by atoms with van der Waals surface area (Å²) in [4.78, 5) is 30.5. The van der Waals surface area contributed by atoms with Crippen molar-refractivity contribution in [3.05, 3.63) is 35.9 Å². The summed E-state index contributed by atoms with van der Waals surface area (Å²) in [6, 6.07) is 8.82. The molecule has 0 bridgehead atoms. The number of rotatable bonds is 3. The predicted octanol–water partition coefficient (Wildman–Crippen LogP) is 2.27. The van der Waals surface area contributed by atoms with Crippen LogP contribution in [0.4, 0.5) is 5.82 Å². The van der Waals surface area contributed by atoms with Gasteiger partial charge in [-0.1, -0.05) is 32.0 Å². The normalized spacial score (nSPS) is 27.0. The number of para-hydroxylation sites is 1. The smallest absolute Gasteiger partial charge is 0.336 e. The van der Waals surface area contributed by atoms with E-state index in [1.54, 1.807) is 18.2 Å². The van der Waals surface area contributed by atoms with Gasteiger partial charge in [0.25, 0.3) is 0 Å². The number of fused-ring (bicyclic) bond motifs is 2. The van der Waals surface area contributed by atoms with Gasteiger partial charge < -0.3 is 15.7 Å². The fraction of sp³-hybridized carbons (Fsp3) is 0.421.